The fourth-order valence-corrected chi connectivity index (χ4v) is 6.31. The first kappa shape index (κ1) is 24.0. The van der Waals surface area contributed by atoms with E-state index in [4.69, 9.17) is 0 Å². The van der Waals surface area contributed by atoms with Gasteiger partial charge in [0.25, 0.3) is 5.91 Å². The zero-order valence-corrected chi connectivity index (χ0v) is 20.6. The van der Waals surface area contributed by atoms with E-state index >= 15 is 0 Å². The van der Waals surface area contributed by atoms with Crippen molar-refractivity contribution in [3.63, 3.8) is 0 Å². The third-order valence-electron chi connectivity index (χ3n) is 8.06. The lowest BCUT2D eigenvalue weighted by molar-refractivity contribution is -0.274. The van der Waals surface area contributed by atoms with Crippen LogP contribution in [0.2, 0.25) is 0 Å². The second kappa shape index (κ2) is 8.57. The highest BCUT2D eigenvalue weighted by atomic mass is 19.4. The summed E-state index contributed by atoms with van der Waals surface area (Å²) in [5.41, 5.74) is 9.84. The van der Waals surface area contributed by atoms with Gasteiger partial charge in [-0.2, -0.15) is 0 Å². The Labute approximate surface area is 211 Å². The van der Waals surface area contributed by atoms with Crippen molar-refractivity contribution >= 4 is 22.7 Å². The van der Waals surface area contributed by atoms with E-state index in [1.54, 1.807) is 22.6 Å². The summed E-state index contributed by atoms with van der Waals surface area (Å²) in [5, 5.41) is 2.32. The molecule has 37 heavy (non-hydrogen) atoms. The Morgan fingerprint density at radius 1 is 0.973 bits per heavy atom. The molecule has 0 radical (unpaired) electrons. The van der Waals surface area contributed by atoms with Crippen LogP contribution in [0.1, 0.15) is 29.8 Å². The quantitative estimate of drug-likeness (QED) is 0.650. The monoisotopic (exact) mass is 518 g/mol. The lowest BCUT2D eigenvalue weighted by Gasteiger charge is -2.28. The number of aromatic nitrogens is 1. The van der Waals surface area contributed by atoms with E-state index in [1.165, 1.54) is 18.2 Å². The van der Waals surface area contributed by atoms with E-state index in [9.17, 15) is 22.8 Å². The molecular weight excluding hydrogens is 489 g/mol. The van der Waals surface area contributed by atoms with Gasteiger partial charge in [0.1, 0.15) is 11.4 Å². The number of carbonyl (C=O) groups excluding carboxylic acids is 2. The largest absolute Gasteiger partial charge is 0.573 e. The summed E-state index contributed by atoms with van der Waals surface area (Å²) in [5.74, 6) is 0.150. The standard InChI is InChI=1S/C25H29F3N6O3/c1-31-21-6-4-18(37-25(26,27)28)7-15(21)9-22(31)24(36)34-12-16-10-33(11-17(16)13-34)23(35)14-3-5-19-20(8-14)30-32(2)29-19/h4,6-7,9,14,16-17,29-30H,3,5,8,10-13H2,1-2H3/t14-,16+,17+/m1/s1. The molecule has 0 saturated carbocycles. The highest BCUT2D eigenvalue weighted by Gasteiger charge is 2.45. The number of hydrogen-bond donors (Lipinski definition) is 2. The first-order valence-corrected chi connectivity index (χ1v) is 12.5. The zero-order valence-electron chi connectivity index (χ0n) is 20.6. The Balaban J connectivity index is 1.09. The lowest BCUT2D eigenvalue weighted by atomic mass is 9.89. The number of allylic oxidation sites excluding steroid dienone is 2. The number of ether oxygens (including phenoxy) is 1. The highest BCUT2D eigenvalue weighted by Crippen LogP contribution is 2.36. The maximum absolute atomic E-state index is 13.4. The van der Waals surface area contributed by atoms with E-state index in [1.807, 2.05) is 17.1 Å². The highest BCUT2D eigenvalue weighted by molar-refractivity contribution is 5.99. The smallest absolute Gasteiger partial charge is 0.406 e. The van der Waals surface area contributed by atoms with Gasteiger partial charge in [0.2, 0.25) is 5.91 Å². The molecule has 2 aromatic rings. The van der Waals surface area contributed by atoms with Gasteiger partial charge >= 0.3 is 6.36 Å². The molecule has 2 amide bonds. The molecule has 2 fully saturated rings. The van der Waals surface area contributed by atoms with E-state index in [2.05, 4.69) is 15.6 Å². The van der Waals surface area contributed by atoms with Crippen molar-refractivity contribution in [3.05, 3.63) is 41.4 Å². The van der Waals surface area contributed by atoms with Gasteiger partial charge in [-0.3, -0.25) is 9.59 Å². The van der Waals surface area contributed by atoms with Crippen LogP contribution >= 0.6 is 0 Å². The summed E-state index contributed by atoms with van der Waals surface area (Å²) in [6.45, 7) is 2.42. The van der Waals surface area contributed by atoms with Crippen LogP contribution in [0.4, 0.5) is 13.2 Å². The molecule has 2 N–H and O–H groups in total. The Morgan fingerprint density at radius 2 is 1.65 bits per heavy atom. The van der Waals surface area contributed by atoms with Crippen LogP contribution in [0.5, 0.6) is 5.75 Å². The molecule has 9 nitrogen and oxygen atoms in total. The minimum atomic E-state index is -4.78. The van der Waals surface area contributed by atoms with E-state index in [0.29, 0.717) is 49.2 Å². The number of aryl methyl sites for hydroxylation is 1. The van der Waals surface area contributed by atoms with Crippen molar-refractivity contribution in [1.29, 1.82) is 0 Å². The number of halogens is 3. The normalized spacial score (nSPS) is 25.8. The summed E-state index contributed by atoms with van der Waals surface area (Å²) in [6.07, 6.45) is -2.39. The number of nitrogens with zero attached hydrogens (tertiary/aromatic N) is 4. The molecular formula is C25H29F3N6O3. The Morgan fingerprint density at radius 3 is 2.35 bits per heavy atom. The van der Waals surface area contributed by atoms with Crippen LogP contribution in [-0.2, 0) is 11.8 Å². The number of carbonyl (C=O) groups is 2. The molecule has 0 spiro atoms. The summed E-state index contributed by atoms with van der Waals surface area (Å²) < 4.78 is 43.5. The molecule has 6 rings (SSSR count). The second-order valence-electron chi connectivity index (χ2n) is 10.5. The molecule has 3 aliphatic heterocycles. The number of amides is 2. The Hall–Kier alpha value is -3.41. The summed E-state index contributed by atoms with van der Waals surface area (Å²) in [4.78, 5) is 30.4. The molecule has 4 aliphatic rings. The number of nitrogens with one attached hydrogen (secondary N) is 2. The molecule has 0 bridgehead atoms. The maximum Gasteiger partial charge on any atom is 0.573 e. The lowest BCUT2D eigenvalue weighted by Crippen LogP contribution is -2.39. The number of likely N-dealkylation sites (tertiary alicyclic amines) is 2. The van der Waals surface area contributed by atoms with Crippen molar-refractivity contribution in [2.75, 3.05) is 33.2 Å². The molecule has 1 aliphatic carbocycles. The van der Waals surface area contributed by atoms with Gasteiger partial charge in [0, 0.05) is 86.7 Å². The predicted octanol–water partition coefficient (Wildman–Crippen LogP) is 2.57. The van der Waals surface area contributed by atoms with Gasteiger partial charge in [-0.25, -0.2) is 0 Å². The summed E-state index contributed by atoms with van der Waals surface area (Å²) in [6, 6.07) is 5.67. The van der Waals surface area contributed by atoms with Crippen LogP contribution in [0.15, 0.2) is 35.7 Å². The number of fused-ring (bicyclic) bond motifs is 2. The second-order valence-corrected chi connectivity index (χ2v) is 10.5. The third kappa shape index (κ3) is 4.36. The third-order valence-corrected chi connectivity index (χ3v) is 8.06. The minimum absolute atomic E-state index is 0.0295. The molecule has 2 saturated heterocycles. The summed E-state index contributed by atoms with van der Waals surface area (Å²) in [7, 11) is 3.64. The van der Waals surface area contributed by atoms with Crippen LogP contribution in [0, 0.1) is 17.8 Å². The average molecular weight is 519 g/mol. The van der Waals surface area contributed by atoms with Crippen LogP contribution in [0.25, 0.3) is 10.9 Å². The Kier molecular flexibility index (Phi) is 5.55. The van der Waals surface area contributed by atoms with Crippen molar-refractivity contribution in [1.82, 2.24) is 30.3 Å². The number of hydrazine groups is 2. The van der Waals surface area contributed by atoms with Gasteiger partial charge in [-0.1, -0.05) is 0 Å². The van der Waals surface area contributed by atoms with Gasteiger partial charge in [0.05, 0.1) is 0 Å². The van der Waals surface area contributed by atoms with Crippen molar-refractivity contribution in [2.45, 2.75) is 25.6 Å². The number of hydrogen-bond acceptors (Lipinski definition) is 6. The Bertz CT molecular complexity index is 1290. The number of alkyl halides is 3. The van der Waals surface area contributed by atoms with Crippen LogP contribution in [0.3, 0.4) is 0 Å². The van der Waals surface area contributed by atoms with E-state index in [-0.39, 0.29) is 35.3 Å². The molecule has 1 aromatic heterocycles. The molecule has 1 aromatic carbocycles. The maximum atomic E-state index is 13.4. The molecule has 3 atom stereocenters. The van der Waals surface area contributed by atoms with Crippen LogP contribution < -0.4 is 15.6 Å². The average Bonchev–Trinajstić information content (AvgIpc) is 3.57. The molecule has 0 unspecified atom stereocenters. The minimum Gasteiger partial charge on any atom is -0.406 e. The summed E-state index contributed by atoms with van der Waals surface area (Å²) >= 11 is 0. The van der Waals surface area contributed by atoms with E-state index in [0.717, 1.165) is 24.2 Å². The number of benzene rings is 1. The van der Waals surface area contributed by atoms with Gasteiger partial charge in [-0.15, -0.1) is 18.3 Å². The first-order chi connectivity index (χ1) is 17.6. The van der Waals surface area contributed by atoms with E-state index < -0.39 is 6.36 Å². The SMILES string of the molecule is CN1NC2=C(C[C@H](C(=O)N3C[C@H]4CN(C(=O)c5cc6cc(OC(F)(F)F)ccc6n5C)C[C@@H]4C3)CC2)N1. The van der Waals surface area contributed by atoms with Gasteiger partial charge < -0.3 is 30.0 Å². The fourth-order valence-electron chi connectivity index (χ4n) is 6.31. The fraction of sp³-hybridized carbons (Fsp3) is 0.520. The van der Waals surface area contributed by atoms with Gasteiger partial charge in [-0.05, 0) is 37.1 Å². The molecule has 198 valence electrons. The zero-order chi connectivity index (χ0) is 26.1. The predicted molar refractivity (Wildman–Crippen MR) is 127 cm³/mol. The van der Waals surface area contributed by atoms with Crippen LogP contribution in [-0.4, -0.2) is 70.9 Å². The molecule has 4 heterocycles. The van der Waals surface area contributed by atoms with Crippen molar-refractivity contribution in [2.24, 2.45) is 24.8 Å². The van der Waals surface area contributed by atoms with Crippen molar-refractivity contribution in [3.8, 4) is 5.75 Å². The first-order valence-electron chi connectivity index (χ1n) is 12.5. The molecule has 12 heteroatoms. The van der Waals surface area contributed by atoms with Gasteiger partial charge in [0.15, 0.2) is 0 Å². The van der Waals surface area contributed by atoms with Crippen molar-refractivity contribution < 1.29 is 27.5 Å². The topological polar surface area (TPSA) is 82.1 Å². The number of rotatable bonds is 3.